The molecule has 10 rings (SSSR count). The first-order valence-electron chi connectivity index (χ1n) is 36.9. The monoisotopic (exact) mass is 1640 g/mol. The quantitative estimate of drug-likeness (QED) is 0.0290. The van der Waals surface area contributed by atoms with Crippen molar-refractivity contribution < 1.29 is 61.3 Å². The lowest BCUT2D eigenvalue weighted by atomic mass is 10.0. The van der Waals surface area contributed by atoms with Crippen molar-refractivity contribution in [1.82, 2.24) is 18.4 Å². The van der Waals surface area contributed by atoms with Gasteiger partial charge in [0.25, 0.3) is 30.1 Å². The number of amides is 4. The highest BCUT2D eigenvalue weighted by molar-refractivity contribution is 7.93. The first-order chi connectivity index (χ1) is 53.2. The van der Waals surface area contributed by atoms with Gasteiger partial charge in [0.05, 0.1) is 35.9 Å². The zero-order valence-electron chi connectivity index (χ0n) is 66.1. The SMILES string of the molecule is C=CC(=O)Nc1ccc(NS(=O)(=O)c2ccc(C(C)C)cc2)cc1.C=CC(=O)Nc1cccc(NS(=O)(=O)c2ccc(C(C)C)cc2)c1.C=CC(=O)Nc1cccc(NS(=O)(=O)c2cccc(C(C)C)c2)c1.CC(C)c1cccc(S(=O)(=O)N2CCN(C)CC2)c1.CCC(=O)N1CCN(S(=O)(=O)c2cccc(C(C)C)c2)CC1. The minimum atomic E-state index is -3.70. The predicted octanol–water partition coefficient (Wildman–Crippen LogP) is 15.0. The molecule has 0 bridgehead atoms. The molecule has 2 heterocycles. The maximum absolute atomic E-state index is 12.7. The fourth-order valence-electron chi connectivity index (χ4n) is 11.1. The molecule has 29 heteroatoms. The third-order valence-electron chi connectivity index (χ3n) is 18.0. The number of carbonyl (C=O) groups excluding carboxylic acids is 4. The van der Waals surface area contributed by atoms with Crippen LogP contribution in [-0.2, 0) is 69.3 Å². The lowest BCUT2D eigenvalue weighted by molar-refractivity contribution is -0.132. The second kappa shape index (κ2) is 42.1. The minimum Gasteiger partial charge on any atom is -0.340 e. The lowest BCUT2D eigenvalue weighted by Crippen LogP contribution is -2.50. The molecular formula is C84H106N10O14S5. The van der Waals surface area contributed by atoms with Gasteiger partial charge in [-0.1, -0.05) is 169 Å². The molecule has 0 atom stereocenters. The molecule has 8 aromatic rings. The van der Waals surface area contributed by atoms with Gasteiger partial charge in [-0.2, -0.15) is 8.61 Å². The zero-order chi connectivity index (χ0) is 83.6. The Bertz CT molecular complexity index is 5180. The van der Waals surface area contributed by atoms with Gasteiger partial charge < -0.3 is 25.8 Å². The number of benzene rings is 8. The Balaban J connectivity index is 0.000000221. The third-order valence-corrected chi connectivity index (χ3v) is 25.9. The summed E-state index contributed by atoms with van der Waals surface area (Å²) in [4.78, 5) is 50.8. The molecule has 4 amide bonds. The van der Waals surface area contributed by atoms with E-state index in [9.17, 15) is 61.3 Å². The van der Waals surface area contributed by atoms with Gasteiger partial charge in [0.1, 0.15) is 0 Å². The summed E-state index contributed by atoms with van der Waals surface area (Å²) in [6.07, 6.45) is 3.92. The van der Waals surface area contributed by atoms with Crippen molar-refractivity contribution in [3.63, 3.8) is 0 Å². The fourth-order valence-corrected chi connectivity index (χ4v) is 17.2. The van der Waals surface area contributed by atoms with Crippen LogP contribution in [0.3, 0.4) is 0 Å². The summed E-state index contributed by atoms with van der Waals surface area (Å²) in [5.41, 5.74) is 7.85. The molecule has 0 unspecified atom stereocenters. The molecule has 0 spiro atoms. The zero-order valence-corrected chi connectivity index (χ0v) is 70.2. The number of carbonyl (C=O) groups is 4. The van der Waals surface area contributed by atoms with Crippen LogP contribution in [0.2, 0.25) is 0 Å². The number of sulfonamides is 5. The largest absolute Gasteiger partial charge is 0.340 e. The highest BCUT2D eigenvalue weighted by Crippen LogP contribution is 2.29. The normalized spacial score (nSPS) is 13.6. The van der Waals surface area contributed by atoms with E-state index in [2.05, 4.69) is 82.4 Å². The minimum absolute atomic E-state index is 0.0823. The van der Waals surface area contributed by atoms with Crippen molar-refractivity contribution in [2.45, 2.75) is 137 Å². The Morgan fingerprint density at radius 1 is 0.336 bits per heavy atom. The van der Waals surface area contributed by atoms with Gasteiger partial charge in [-0.25, -0.2) is 42.1 Å². The summed E-state index contributed by atoms with van der Waals surface area (Å²) < 4.78 is 136. The van der Waals surface area contributed by atoms with Gasteiger partial charge in [-0.15, -0.1) is 0 Å². The molecule has 606 valence electrons. The van der Waals surface area contributed by atoms with Gasteiger partial charge in [-0.3, -0.25) is 33.3 Å². The van der Waals surface area contributed by atoms with E-state index in [1.807, 2.05) is 91.9 Å². The van der Waals surface area contributed by atoms with Crippen LogP contribution in [0.5, 0.6) is 0 Å². The van der Waals surface area contributed by atoms with E-state index in [0.29, 0.717) is 107 Å². The molecule has 2 fully saturated rings. The summed E-state index contributed by atoms with van der Waals surface area (Å²) >= 11 is 0. The number of piperazine rings is 2. The number of likely N-dealkylation sites (N-methyl/N-ethyl adjacent to an activating group) is 1. The van der Waals surface area contributed by atoms with Crippen LogP contribution in [0.1, 0.15) is 140 Å². The maximum Gasteiger partial charge on any atom is 0.261 e. The number of anilines is 6. The molecule has 0 aromatic heterocycles. The highest BCUT2D eigenvalue weighted by Gasteiger charge is 2.31. The molecule has 8 aromatic carbocycles. The van der Waals surface area contributed by atoms with Crippen molar-refractivity contribution in [1.29, 1.82) is 0 Å². The first kappa shape index (κ1) is 91.8. The lowest BCUT2D eigenvalue weighted by Gasteiger charge is -2.34. The standard InChI is InChI=1S/3C18H20N2O3S.C16H24N2O3S.C14H22N2O2S/c1-4-18(21)19-15-7-9-16(10-8-15)20-24(22,23)17-11-5-14(6-12-17)13(2)3;1-4-18(21)19-15-8-6-9-16(12-15)20-24(22,23)17-10-5-7-14(11-17)13(2)3;1-4-18(21)19-15-6-5-7-16(12-15)20-24(22,23)17-10-8-14(9-11-17)13(2)3;1-4-16(19)17-8-10-18(11-9-17)22(20,21)15-7-5-6-14(12-15)13(2)3;1-12(2)13-5-4-6-14(11-13)19(17,18)16-9-7-15(3)8-10-16/h3*4-13,20H,1H2,2-3H3,(H,19,21);5-7,12-13H,4,8-11H2,1-3H3;4-6,11-12H,7-10H2,1-3H3. The Morgan fingerprint density at radius 2 is 0.628 bits per heavy atom. The number of hydrogen-bond donors (Lipinski definition) is 6. The summed E-state index contributed by atoms with van der Waals surface area (Å²) in [5, 5.41) is 7.77. The van der Waals surface area contributed by atoms with Crippen LogP contribution >= 0.6 is 0 Å². The summed E-state index contributed by atoms with van der Waals surface area (Å²) in [5.74, 6) is 0.564. The van der Waals surface area contributed by atoms with E-state index in [-0.39, 0.29) is 50.2 Å². The van der Waals surface area contributed by atoms with Crippen molar-refractivity contribution in [2.75, 3.05) is 89.5 Å². The number of hydrogen-bond acceptors (Lipinski definition) is 15. The second-order valence-electron chi connectivity index (χ2n) is 28.1. The van der Waals surface area contributed by atoms with Crippen LogP contribution in [0.25, 0.3) is 0 Å². The van der Waals surface area contributed by atoms with E-state index < -0.39 is 50.1 Å². The first-order valence-corrected chi connectivity index (χ1v) is 44.2. The number of nitrogens with zero attached hydrogens (tertiary/aromatic N) is 4. The van der Waals surface area contributed by atoms with Gasteiger partial charge in [-0.05, 0) is 204 Å². The smallest absolute Gasteiger partial charge is 0.261 e. The average Bonchev–Trinajstić information content (AvgIpc) is 0.792. The Kier molecular flexibility index (Phi) is 34.2. The maximum atomic E-state index is 12.7. The fraction of sp³-hybridized carbons (Fsp3) is 0.310. The molecule has 113 heavy (non-hydrogen) atoms. The Labute approximate surface area is 669 Å². The molecule has 2 saturated heterocycles. The molecule has 6 N–H and O–H groups in total. The average molecular weight is 1640 g/mol. The van der Waals surface area contributed by atoms with Gasteiger partial charge in [0.15, 0.2) is 0 Å². The molecular weight excluding hydrogens is 1530 g/mol. The Hall–Kier alpha value is -10.1. The van der Waals surface area contributed by atoms with Gasteiger partial charge in [0, 0.05) is 81.5 Å². The molecule has 2 aliphatic rings. The van der Waals surface area contributed by atoms with Crippen LogP contribution in [0.15, 0.2) is 257 Å². The topological polar surface area (TPSA) is 324 Å². The van der Waals surface area contributed by atoms with E-state index in [4.69, 9.17) is 0 Å². The second-order valence-corrected chi connectivity index (χ2v) is 37.0. The predicted molar refractivity (Wildman–Crippen MR) is 453 cm³/mol. The van der Waals surface area contributed by atoms with Gasteiger partial charge in [0.2, 0.25) is 43.7 Å². The van der Waals surface area contributed by atoms with Crippen molar-refractivity contribution in [3.05, 3.63) is 260 Å². The third kappa shape index (κ3) is 27.9. The Morgan fingerprint density at radius 3 is 0.973 bits per heavy atom. The van der Waals surface area contributed by atoms with E-state index >= 15 is 0 Å². The van der Waals surface area contributed by atoms with Crippen molar-refractivity contribution in [3.8, 4) is 0 Å². The van der Waals surface area contributed by atoms with E-state index in [1.165, 1.54) is 4.31 Å². The molecule has 0 saturated carbocycles. The summed E-state index contributed by atoms with van der Waals surface area (Å²) in [7, 11) is -15.8. The van der Waals surface area contributed by atoms with Crippen LogP contribution < -0.4 is 30.1 Å². The summed E-state index contributed by atoms with van der Waals surface area (Å²) in [6.45, 7) is 36.8. The number of nitrogens with one attached hydrogen (secondary N) is 6. The van der Waals surface area contributed by atoms with Crippen LogP contribution in [-0.4, -0.2) is 144 Å². The number of rotatable bonds is 25. The molecule has 0 aliphatic carbocycles. The van der Waals surface area contributed by atoms with E-state index in [0.717, 1.165) is 59.1 Å². The van der Waals surface area contributed by atoms with Crippen LogP contribution in [0.4, 0.5) is 34.1 Å². The highest BCUT2D eigenvalue weighted by atomic mass is 32.2. The summed E-state index contributed by atoms with van der Waals surface area (Å²) in [6, 6.07) is 54.2. The van der Waals surface area contributed by atoms with E-state index in [1.54, 1.807) is 167 Å². The molecule has 24 nitrogen and oxygen atoms in total. The van der Waals surface area contributed by atoms with Crippen molar-refractivity contribution >= 4 is 108 Å². The van der Waals surface area contributed by atoms with Gasteiger partial charge >= 0.3 is 0 Å². The molecule has 2 aliphatic heterocycles. The van der Waals surface area contributed by atoms with Crippen LogP contribution in [0, 0.1) is 0 Å². The van der Waals surface area contributed by atoms with Crippen molar-refractivity contribution in [2.24, 2.45) is 0 Å². The molecule has 0 radical (unpaired) electrons.